The fourth-order valence-electron chi connectivity index (χ4n) is 1.47. The number of hydrogen-bond donors (Lipinski definition) is 2. The Hall–Kier alpha value is -2.04. The Bertz CT molecular complexity index is 462. The average molecular weight is 238 g/mol. The van der Waals surface area contributed by atoms with Crippen molar-refractivity contribution in [2.75, 3.05) is 7.11 Å². The maximum absolute atomic E-state index is 11.2. The molecule has 0 unspecified atom stereocenters. The Morgan fingerprint density at radius 3 is 2.24 bits per heavy atom. The smallest absolute Gasteiger partial charge is 0.336 e. The lowest BCUT2D eigenvalue weighted by Gasteiger charge is -2.22. The number of ether oxygens (including phenoxy) is 1. The van der Waals surface area contributed by atoms with Crippen LogP contribution in [0.2, 0.25) is 0 Å². The topological polar surface area (TPSA) is 83.8 Å². The summed E-state index contributed by atoms with van der Waals surface area (Å²) < 4.78 is 4.98. The zero-order valence-electron chi connectivity index (χ0n) is 9.85. The molecule has 0 atom stereocenters. The molecule has 0 amide bonds. The minimum atomic E-state index is -1.29. The van der Waals surface area contributed by atoms with E-state index in [0.29, 0.717) is 5.75 Å². The summed E-state index contributed by atoms with van der Waals surface area (Å²) >= 11 is 0. The fraction of sp³-hybridized carbons (Fsp3) is 0.333. The van der Waals surface area contributed by atoms with Crippen LogP contribution in [0.1, 0.15) is 29.8 Å². The number of aliphatic carboxylic acids is 1. The summed E-state index contributed by atoms with van der Waals surface area (Å²) in [5.74, 6) is -1.82. The van der Waals surface area contributed by atoms with Crippen LogP contribution in [-0.2, 0) is 10.2 Å². The first-order chi connectivity index (χ1) is 7.80. The van der Waals surface area contributed by atoms with E-state index in [0.717, 1.165) is 0 Å². The highest BCUT2D eigenvalue weighted by Gasteiger charge is 2.33. The first kappa shape index (κ1) is 13.0. The van der Waals surface area contributed by atoms with E-state index in [2.05, 4.69) is 0 Å². The SMILES string of the molecule is COc1ccc(C(=O)O)c(C(C)(C)C(=O)O)c1. The molecule has 0 saturated carbocycles. The van der Waals surface area contributed by atoms with Crippen LogP contribution in [0.5, 0.6) is 5.75 Å². The molecule has 5 heteroatoms. The van der Waals surface area contributed by atoms with Crippen molar-refractivity contribution in [1.29, 1.82) is 0 Å². The van der Waals surface area contributed by atoms with Gasteiger partial charge in [-0.3, -0.25) is 4.79 Å². The Labute approximate surface area is 98.6 Å². The van der Waals surface area contributed by atoms with Gasteiger partial charge in [0, 0.05) is 0 Å². The number of carbonyl (C=O) groups is 2. The average Bonchev–Trinajstić information content (AvgIpc) is 2.27. The molecule has 1 aromatic carbocycles. The van der Waals surface area contributed by atoms with E-state index in [-0.39, 0.29) is 11.1 Å². The number of hydrogen-bond acceptors (Lipinski definition) is 3. The van der Waals surface area contributed by atoms with Crippen molar-refractivity contribution < 1.29 is 24.5 Å². The summed E-state index contributed by atoms with van der Waals surface area (Å²) in [6.45, 7) is 2.91. The number of benzene rings is 1. The molecular formula is C12H14O5. The van der Waals surface area contributed by atoms with Crippen molar-refractivity contribution in [3.63, 3.8) is 0 Å². The van der Waals surface area contributed by atoms with Crippen molar-refractivity contribution in [1.82, 2.24) is 0 Å². The number of methoxy groups -OCH3 is 1. The summed E-state index contributed by atoms with van der Waals surface area (Å²) in [7, 11) is 1.44. The molecule has 0 radical (unpaired) electrons. The summed E-state index contributed by atoms with van der Waals surface area (Å²) in [4.78, 5) is 22.2. The Kier molecular flexibility index (Phi) is 3.41. The molecule has 17 heavy (non-hydrogen) atoms. The first-order valence-corrected chi connectivity index (χ1v) is 4.96. The van der Waals surface area contributed by atoms with E-state index < -0.39 is 17.4 Å². The van der Waals surface area contributed by atoms with Gasteiger partial charge in [0.25, 0.3) is 0 Å². The van der Waals surface area contributed by atoms with E-state index in [1.54, 1.807) is 0 Å². The lowest BCUT2D eigenvalue weighted by Crippen LogP contribution is -2.30. The monoisotopic (exact) mass is 238 g/mol. The van der Waals surface area contributed by atoms with Crippen molar-refractivity contribution in [2.24, 2.45) is 0 Å². The number of carboxylic acid groups (broad SMARTS) is 2. The van der Waals surface area contributed by atoms with Gasteiger partial charge in [-0.05, 0) is 37.6 Å². The zero-order chi connectivity index (χ0) is 13.2. The third-order valence-electron chi connectivity index (χ3n) is 2.67. The van der Waals surface area contributed by atoms with E-state index in [9.17, 15) is 9.59 Å². The van der Waals surface area contributed by atoms with Crippen LogP contribution in [0.25, 0.3) is 0 Å². The highest BCUT2D eigenvalue weighted by molar-refractivity contribution is 5.93. The van der Waals surface area contributed by atoms with Crippen molar-refractivity contribution in [3.8, 4) is 5.75 Å². The Morgan fingerprint density at radius 2 is 1.82 bits per heavy atom. The van der Waals surface area contributed by atoms with Crippen LogP contribution >= 0.6 is 0 Å². The summed E-state index contributed by atoms with van der Waals surface area (Å²) in [6, 6.07) is 4.28. The molecule has 0 bridgehead atoms. The van der Waals surface area contributed by atoms with E-state index >= 15 is 0 Å². The van der Waals surface area contributed by atoms with Gasteiger partial charge in [0.1, 0.15) is 5.75 Å². The molecule has 0 aliphatic carbocycles. The van der Waals surface area contributed by atoms with Crippen molar-refractivity contribution in [2.45, 2.75) is 19.3 Å². The van der Waals surface area contributed by atoms with Gasteiger partial charge < -0.3 is 14.9 Å². The second-order valence-corrected chi connectivity index (χ2v) is 4.15. The summed E-state index contributed by atoms with van der Waals surface area (Å²) in [5, 5.41) is 18.2. The van der Waals surface area contributed by atoms with Crippen LogP contribution in [0.4, 0.5) is 0 Å². The second-order valence-electron chi connectivity index (χ2n) is 4.15. The number of aromatic carboxylic acids is 1. The van der Waals surface area contributed by atoms with Gasteiger partial charge in [0.05, 0.1) is 18.1 Å². The highest BCUT2D eigenvalue weighted by Crippen LogP contribution is 2.30. The van der Waals surface area contributed by atoms with E-state index in [4.69, 9.17) is 14.9 Å². The fourth-order valence-corrected chi connectivity index (χ4v) is 1.47. The lowest BCUT2D eigenvalue weighted by molar-refractivity contribution is -0.142. The van der Waals surface area contributed by atoms with Crippen LogP contribution < -0.4 is 4.74 Å². The van der Waals surface area contributed by atoms with Gasteiger partial charge in [-0.1, -0.05) is 0 Å². The van der Waals surface area contributed by atoms with Gasteiger partial charge in [-0.2, -0.15) is 0 Å². The molecule has 0 aromatic heterocycles. The molecule has 0 saturated heterocycles. The molecule has 0 heterocycles. The molecular weight excluding hydrogens is 224 g/mol. The van der Waals surface area contributed by atoms with Crippen molar-refractivity contribution >= 4 is 11.9 Å². The van der Waals surface area contributed by atoms with E-state index in [1.807, 2.05) is 0 Å². The molecule has 1 rings (SSSR count). The summed E-state index contributed by atoms with van der Waals surface area (Å²) in [6.07, 6.45) is 0. The van der Waals surface area contributed by atoms with Gasteiger partial charge in [0.2, 0.25) is 0 Å². The van der Waals surface area contributed by atoms with Gasteiger partial charge >= 0.3 is 11.9 Å². The molecule has 2 N–H and O–H groups in total. The van der Waals surface area contributed by atoms with Crippen LogP contribution in [0.3, 0.4) is 0 Å². The van der Waals surface area contributed by atoms with E-state index in [1.165, 1.54) is 39.2 Å². The molecule has 0 fully saturated rings. The second kappa shape index (κ2) is 4.45. The van der Waals surface area contributed by atoms with Crippen LogP contribution in [0, 0.1) is 0 Å². The number of carboxylic acids is 2. The maximum Gasteiger partial charge on any atom is 0.336 e. The normalized spacial score (nSPS) is 11.0. The largest absolute Gasteiger partial charge is 0.497 e. The first-order valence-electron chi connectivity index (χ1n) is 4.96. The Balaban J connectivity index is 3.47. The number of rotatable bonds is 4. The van der Waals surface area contributed by atoms with Gasteiger partial charge in [-0.15, -0.1) is 0 Å². The lowest BCUT2D eigenvalue weighted by atomic mass is 9.81. The molecule has 5 nitrogen and oxygen atoms in total. The predicted molar refractivity (Wildman–Crippen MR) is 60.6 cm³/mol. The van der Waals surface area contributed by atoms with Crippen molar-refractivity contribution in [3.05, 3.63) is 29.3 Å². The zero-order valence-corrected chi connectivity index (χ0v) is 9.85. The third-order valence-corrected chi connectivity index (χ3v) is 2.67. The van der Waals surface area contributed by atoms with Crippen LogP contribution in [0.15, 0.2) is 18.2 Å². The predicted octanol–water partition coefficient (Wildman–Crippen LogP) is 1.76. The molecule has 92 valence electrons. The Morgan fingerprint density at radius 1 is 1.24 bits per heavy atom. The quantitative estimate of drug-likeness (QED) is 0.834. The third kappa shape index (κ3) is 2.38. The minimum absolute atomic E-state index is 0.0294. The maximum atomic E-state index is 11.2. The van der Waals surface area contributed by atoms with Gasteiger partial charge in [0.15, 0.2) is 0 Å². The molecule has 0 aliphatic rings. The van der Waals surface area contributed by atoms with Gasteiger partial charge in [-0.25, -0.2) is 4.79 Å². The molecule has 1 aromatic rings. The standard InChI is InChI=1S/C12H14O5/c1-12(2,11(15)16)9-6-7(17-3)4-5-8(9)10(13)14/h4-6H,1-3H3,(H,13,14)(H,15,16). The molecule has 0 spiro atoms. The summed E-state index contributed by atoms with van der Waals surface area (Å²) in [5.41, 5.74) is -1.10. The van der Waals surface area contributed by atoms with Crippen LogP contribution in [-0.4, -0.2) is 29.3 Å². The molecule has 0 aliphatic heterocycles. The minimum Gasteiger partial charge on any atom is -0.497 e. The highest BCUT2D eigenvalue weighted by atomic mass is 16.5.